The van der Waals surface area contributed by atoms with Crippen molar-refractivity contribution >= 4 is 23.7 Å². The summed E-state index contributed by atoms with van der Waals surface area (Å²) in [6.07, 6.45) is 1.73. The number of carbonyl (C=O) groups excluding carboxylic acids is 2. The molecule has 2 rings (SSSR count). The third kappa shape index (κ3) is 5.73. The molecule has 0 spiro atoms. The predicted molar refractivity (Wildman–Crippen MR) is 103 cm³/mol. The number of ether oxygens (including phenoxy) is 1. The number of nitrogens with one attached hydrogen (secondary N) is 2. The molecule has 136 valence electrons. The van der Waals surface area contributed by atoms with Gasteiger partial charge in [-0.15, -0.1) is 0 Å². The third-order valence-electron chi connectivity index (χ3n) is 3.87. The van der Waals surface area contributed by atoms with Crippen LogP contribution in [0.2, 0.25) is 0 Å². The van der Waals surface area contributed by atoms with Crippen molar-refractivity contribution < 1.29 is 14.3 Å². The largest absolute Gasteiger partial charge is 0.497 e. The van der Waals surface area contributed by atoms with Crippen LogP contribution in [0, 0.1) is 13.8 Å². The monoisotopic (exact) mass is 353 g/mol. The van der Waals surface area contributed by atoms with Gasteiger partial charge >= 0.3 is 0 Å². The van der Waals surface area contributed by atoms with Gasteiger partial charge in [-0.25, -0.2) is 5.43 Å². The van der Waals surface area contributed by atoms with Gasteiger partial charge in [-0.2, -0.15) is 5.10 Å². The Bertz CT molecular complexity index is 816. The van der Waals surface area contributed by atoms with Crippen molar-refractivity contribution in [2.75, 3.05) is 12.4 Å². The van der Waals surface area contributed by atoms with Crippen molar-refractivity contribution in [1.82, 2.24) is 5.43 Å². The molecule has 26 heavy (non-hydrogen) atoms. The number of rotatable bonds is 7. The van der Waals surface area contributed by atoms with Crippen molar-refractivity contribution in [3.8, 4) is 5.75 Å². The van der Waals surface area contributed by atoms with E-state index in [0.717, 1.165) is 28.1 Å². The Hall–Kier alpha value is -3.15. The molecule has 0 atom stereocenters. The molecule has 0 radical (unpaired) electrons. The van der Waals surface area contributed by atoms with Crippen LogP contribution in [0.3, 0.4) is 0 Å². The number of amides is 2. The first-order valence-corrected chi connectivity index (χ1v) is 8.31. The molecule has 2 aromatic carbocycles. The highest BCUT2D eigenvalue weighted by Gasteiger charge is 2.08. The Morgan fingerprint density at radius 3 is 2.46 bits per heavy atom. The summed E-state index contributed by atoms with van der Waals surface area (Å²) in [6.45, 7) is 3.85. The van der Waals surface area contributed by atoms with Gasteiger partial charge in [-0.05, 0) is 54.8 Å². The molecule has 0 bridgehead atoms. The molecule has 0 aliphatic rings. The highest BCUT2D eigenvalue weighted by molar-refractivity contribution is 5.94. The molecule has 0 saturated heterocycles. The Kier molecular flexibility index (Phi) is 6.91. The van der Waals surface area contributed by atoms with Gasteiger partial charge in [0.25, 0.3) is 0 Å². The van der Waals surface area contributed by atoms with E-state index in [4.69, 9.17) is 4.74 Å². The summed E-state index contributed by atoms with van der Waals surface area (Å²) in [4.78, 5) is 23.7. The zero-order chi connectivity index (χ0) is 18.9. The maximum atomic E-state index is 11.9. The number of hydrogen-bond acceptors (Lipinski definition) is 4. The summed E-state index contributed by atoms with van der Waals surface area (Å²) in [5, 5.41) is 6.73. The van der Waals surface area contributed by atoms with Crippen molar-refractivity contribution in [2.45, 2.75) is 26.7 Å². The van der Waals surface area contributed by atoms with E-state index in [1.165, 1.54) is 0 Å². The van der Waals surface area contributed by atoms with Gasteiger partial charge in [0.1, 0.15) is 5.75 Å². The number of anilines is 1. The second-order valence-electron chi connectivity index (χ2n) is 5.88. The lowest BCUT2D eigenvalue weighted by Gasteiger charge is -2.07. The fourth-order valence-electron chi connectivity index (χ4n) is 2.30. The quantitative estimate of drug-likeness (QED) is 0.593. The molecule has 0 aliphatic carbocycles. The van der Waals surface area contributed by atoms with Crippen molar-refractivity contribution in [1.29, 1.82) is 0 Å². The molecule has 2 amide bonds. The predicted octanol–water partition coefficient (Wildman–Crippen LogP) is 3.18. The number of hydrogen-bond donors (Lipinski definition) is 2. The van der Waals surface area contributed by atoms with Gasteiger partial charge in [0, 0.05) is 18.5 Å². The Labute approximate surface area is 153 Å². The second-order valence-corrected chi connectivity index (χ2v) is 5.88. The number of nitrogens with zero attached hydrogens (tertiary/aromatic N) is 1. The molecule has 2 N–H and O–H groups in total. The molecular formula is C20H23N3O3. The van der Waals surface area contributed by atoms with Crippen LogP contribution in [0.4, 0.5) is 5.69 Å². The first-order chi connectivity index (χ1) is 12.5. The average Bonchev–Trinajstić information content (AvgIpc) is 2.63. The van der Waals surface area contributed by atoms with Gasteiger partial charge in [0.2, 0.25) is 11.8 Å². The van der Waals surface area contributed by atoms with Crippen molar-refractivity contribution in [3.05, 3.63) is 59.2 Å². The van der Waals surface area contributed by atoms with E-state index in [0.29, 0.717) is 0 Å². The van der Waals surface area contributed by atoms with Crippen LogP contribution in [0.5, 0.6) is 5.75 Å². The van der Waals surface area contributed by atoms with Crippen LogP contribution in [-0.2, 0) is 9.59 Å². The smallest absolute Gasteiger partial charge is 0.240 e. The fraction of sp³-hybridized carbons (Fsp3) is 0.250. The van der Waals surface area contributed by atoms with E-state index in [2.05, 4.69) is 15.8 Å². The van der Waals surface area contributed by atoms with E-state index in [1.807, 2.05) is 56.3 Å². The summed E-state index contributed by atoms with van der Waals surface area (Å²) in [5.74, 6) is 0.250. The summed E-state index contributed by atoms with van der Waals surface area (Å²) in [7, 11) is 1.61. The highest BCUT2D eigenvalue weighted by Crippen LogP contribution is 2.15. The van der Waals surface area contributed by atoms with E-state index in [9.17, 15) is 9.59 Å². The van der Waals surface area contributed by atoms with E-state index >= 15 is 0 Å². The van der Waals surface area contributed by atoms with Crippen LogP contribution in [-0.4, -0.2) is 25.1 Å². The zero-order valence-corrected chi connectivity index (χ0v) is 15.2. The maximum Gasteiger partial charge on any atom is 0.240 e. The minimum absolute atomic E-state index is 0.0661. The van der Waals surface area contributed by atoms with E-state index < -0.39 is 0 Å². The van der Waals surface area contributed by atoms with Gasteiger partial charge in [0.15, 0.2) is 0 Å². The summed E-state index contributed by atoms with van der Waals surface area (Å²) in [6, 6.07) is 13.1. The standard InChI is InChI=1S/C20H23N3O3/c1-14-6-4-5-7-18(14)22-19(24)10-11-20(25)23-21-13-16-8-9-17(26-3)12-15(16)2/h4-9,12-13H,10-11H2,1-3H3,(H,22,24)(H,23,25). The number of para-hydroxylation sites is 1. The second kappa shape index (κ2) is 9.36. The van der Waals surface area contributed by atoms with E-state index in [1.54, 1.807) is 13.3 Å². The lowest BCUT2D eigenvalue weighted by Crippen LogP contribution is -2.20. The number of hydrazone groups is 1. The van der Waals surface area contributed by atoms with Gasteiger partial charge in [-0.1, -0.05) is 18.2 Å². The van der Waals surface area contributed by atoms with Crippen LogP contribution >= 0.6 is 0 Å². The van der Waals surface area contributed by atoms with Gasteiger partial charge in [-0.3, -0.25) is 9.59 Å². The van der Waals surface area contributed by atoms with Gasteiger partial charge < -0.3 is 10.1 Å². The number of benzene rings is 2. The van der Waals surface area contributed by atoms with Crippen LogP contribution in [0.1, 0.15) is 29.5 Å². The normalized spacial score (nSPS) is 10.6. The molecule has 0 aliphatic heterocycles. The zero-order valence-electron chi connectivity index (χ0n) is 15.2. The topological polar surface area (TPSA) is 79.8 Å². The molecule has 0 saturated carbocycles. The molecule has 2 aromatic rings. The number of aryl methyl sites for hydroxylation is 2. The Balaban J connectivity index is 1.78. The van der Waals surface area contributed by atoms with E-state index in [-0.39, 0.29) is 24.7 Å². The molecular weight excluding hydrogens is 330 g/mol. The van der Waals surface area contributed by atoms with Crippen molar-refractivity contribution in [3.63, 3.8) is 0 Å². The molecule has 6 nitrogen and oxygen atoms in total. The van der Waals surface area contributed by atoms with Crippen LogP contribution in [0.25, 0.3) is 0 Å². The minimum atomic E-state index is -0.313. The third-order valence-corrected chi connectivity index (χ3v) is 3.87. The first-order valence-electron chi connectivity index (χ1n) is 8.31. The van der Waals surface area contributed by atoms with Crippen LogP contribution < -0.4 is 15.5 Å². The summed E-state index contributed by atoms with van der Waals surface area (Å²) >= 11 is 0. The molecule has 6 heteroatoms. The number of methoxy groups -OCH3 is 1. The average molecular weight is 353 g/mol. The van der Waals surface area contributed by atoms with Crippen molar-refractivity contribution in [2.24, 2.45) is 5.10 Å². The molecule has 0 aromatic heterocycles. The lowest BCUT2D eigenvalue weighted by atomic mass is 10.1. The first kappa shape index (κ1) is 19.2. The SMILES string of the molecule is COc1ccc(C=NNC(=O)CCC(=O)Nc2ccccc2C)c(C)c1. The lowest BCUT2D eigenvalue weighted by molar-refractivity contribution is -0.124. The maximum absolute atomic E-state index is 11.9. The van der Waals surface area contributed by atoms with Gasteiger partial charge in [0.05, 0.1) is 13.3 Å². The Morgan fingerprint density at radius 1 is 1.04 bits per heavy atom. The number of carbonyl (C=O) groups is 2. The summed E-state index contributed by atoms with van der Waals surface area (Å²) in [5.41, 5.74) is 6.03. The fourth-order valence-corrected chi connectivity index (χ4v) is 2.30. The molecule has 0 unspecified atom stereocenters. The summed E-state index contributed by atoms with van der Waals surface area (Å²) < 4.78 is 5.14. The molecule has 0 fully saturated rings. The highest BCUT2D eigenvalue weighted by atomic mass is 16.5. The molecule has 0 heterocycles. The Morgan fingerprint density at radius 2 is 1.77 bits per heavy atom. The minimum Gasteiger partial charge on any atom is -0.497 e. The van der Waals surface area contributed by atoms with Crippen LogP contribution in [0.15, 0.2) is 47.6 Å².